The molecule has 0 atom stereocenters. The molecule has 0 amide bonds. The van der Waals surface area contributed by atoms with E-state index in [1.54, 1.807) is 12.1 Å². The largest absolute Gasteiger partial charge is 0.465 e. The van der Waals surface area contributed by atoms with Gasteiger partial charge >= 0.3 is 5.97 Å². The number of carbonyl (C=O) groups is 1. The highest BCUT2D eigenvalue weighted by molar-refractivity contribution is 7.24. The van der Waals surface area contributed by atoms with Crippen LogP contribution in [0.4, 0.5) is 0 Å². The van der Waals surface area contributed by atoms with E-state index in [1.807, 2.05) is 31.2 Å². The first kappa shape index (κ1) is 12.8. The molecule has 20 heavy (non-hydrogen) atoms. The van der Waals surface area contributed by atoms with Crippen LogP contribution in [0.5, 0.6) is 0 Å². The summed E-state index contributed by atoms with van der Waals surface area (Å²) >= 11 is 1.51. The molecule has 0 aliphatic carbocycles. The van der Waals surface area contributed by atoms with E-state index in [4.69, 9.17) is 4.74 Å². The molecule has 3 rings (SSSR count). The Morgan fingerprint density at radius 3 is 2.65 bits per heavy atom. The van der Waals surface area contributed by atoms with Crippen LogP contribution in [0.2, 0.25) is 0 Å². The molecule has 4 heteroatoms. The molecule has 0 bridgehead atoms. The van der Waals surface area contributed by atoms with Crippen molar-refractivity contribution in [3.63, 3.8) is 0 Å². The lowest BCUT2D eigenvalue weighted by Gasteiger charge is -2.07. The van der Waals surface area contributed by atoms with Gasteiger partial charge in [0.2, 0.25) is 0 Å². The molecular formula is C16H12O3S. The fourth-order valence-electron chi connectivity index (χ4n) is 2.34. The van der Waals surface area contributed by atoms with Gasteiger partial charge in [0.1, 0.15) is 0 Å². The summed E-state index contributed by atoms with van der Waals surface area (Å²) < 4.78 is 6.53. The molecule has 0 saturated heterocycles. The van der Waals surface area contributed by atoms with E-state index < -0.39 is 5.97 Å². The van der Waals surface area contributed by atoms with Gasteiger partial charge in [-0.2, -0.15) is 0 Å². The summed E-state index contributed by atoms with van der Waals surface area (Å²) in [6.45, 7) is 1.90. The third-order valence-electron chi connectivity index (χ3n) is 3.23. The maximum Gasteiger partial charge on any atom is 0.338 e. The van der Waals surface area contributed by atoms with Crippen LogP contribution in [0.25, 0.3) is 20.2 Å². The number of benzene rings is 2. The average molecular weight is 284 g/mol. The van der Waals surface area contributed by atoms with Crippen molar-refractivity contribution >= 4 is 37.5 Å². The number of carbonyl (C=O) groups excluding carboxylic acids is 1. The summed E-state index contributed by atoms with van der Waals surface area (Å²) in [6, 6.07) is 11.1. The zero-order chi connectivity index (χ0) is 14.3. The lowest BCUT2D eigenvalue weighted by atomic mass is 10.1. The van der Waals surface area contributed by atoms with Crippen LogP contribution in [0, 0.1) is 6.92 Å². The Labute approximate surface area is 119 Å². The average Bonchev–Trinajstić information content (AvgIpc) is 2.45. The second kappa shape index (κ2) is 4.72. The second-order valence-electron chi connectivity index (χ2n) is 4.60. The molecule has 0 unspecified atom stereocenters. The van der Waals surface area contributed by atoms with Gasteiger partial charge in [-0.05, 0) is 36.8 Å². The maximum atomic E-state index is 12.6. The normalized spacial score (nSPS) is 10.9. The molecule has 0 aliphatic rings. The van der Waals surface area contributed by atoms with Crippen LogP contribution in [0.15, 0.2) is 41.2 Å². The summed E-state index contributed by atoms with van der Waals surface area (Å²) in [5.41, 5.74) is 1.16. The van der Waals surface area contributed by atoms with Crippen LogP contribution in [-0.4, -0.2) is 13.1 Å². The predicted octanol–water partition coefficient (Wildman–Crippen LogP) is 3.51. The van der Waals surface area contributed by atoms with E-state index in [1.165, 1.54) is 18.4 Å². The Kier molecular flexibility index (Phi) is 3.03. The van der Waals surface area contributed by atoms with Crippen molar-refractivity contribution in [3.8, 4) is 0 Å². The molecule has 1 heterocycles. The number of methoxy groups -OCH3 is 1. The van der Waals surface area contributed by atoms with Gasteiger partial charge in [-0.15, -0.1) is 11.3 Å². The summed E-state index contributed by atoms with van der Waals surface area (Å²) in [6.07, 6.45) is 0. The van der Waals surface area contributed by atoms with Gasteiger partial charge in [0.25, 0.3) is 0 Å². The molecule has 2 aromatic carbocycles. The SMILES string of the molecule is COC(=O)c1cc(C)cc2sc3ccccc3c(=O)c12. The summed E-state index contributed by atoms with van der Waals surface area (Å²) in [5.74, 6) is -0.474. The van der Waals surface area contributed by atoms with E-state index >= 15 is 0 Å². The van der Waals surface area contributed by atoms with Crippen molar-refractivity contribution in [1.29, 1.82) is 0 Å². The molecule has 3 nitrogen and oxygen atoms in total. The monoisotopic (exact) mass is 284 g/mol. The Morgan fingerprint density at radius 1 is 1.15 bits per heavy atom. The first-order valence-corrected chi connectivity index (χ1v) is 6.98. The van der Waals surface area contributed by atoms with Gasteiger partial charge in [0, 0.05) is 14.8 Å². The number of aryl methyl sites for hydroxylation is 1. The van der Waals surface area contributed by atoms with Crippen molar-refractivity contribution in [2.75, 3.05) is 7.11 Å². The number of hydrogen-bond donors (Lipinski definition) is 0. The van der Waals surface area contributed by atoms with Gasteiger partial charge in [0.05, 0.1) is 18.1 Å². The maximum absolute atomic E-state index is 12.6. The van der Waals surface area contributed by atoms with Crippen molar-refractivity contribution in [3.05, 3.63) is 57.7 Å². The zero-order valence-corrected chi connectivity index (χ0v) is 11.9. The standard InChI is InChI=1S/C16H12O3S/c1-9-7-11(16(18)19-2)14-13(8-9)20-12-6-4-3-5-10(12)15(14)17/h3-8H,1-2H3. The van der Waals surface area contributed by atoms with Gasteiger partial charge in [0.15, 0.2) is 5.43 Å². The zero-order valence-electron chi connectivity index (χ0n) is 11.1. The van der Waals surface area contributed by atoms with Crippen LogP contribution in [-0.2, 0) is 4.74 Å². The Balaban J connectivity index is 2.55. The molecule has 0 radical (unpaired) electrons. The molecule has 100 valence electrons. The van der Waals surface area contributed by atoms with E-state index in [-0.39, 0.29) is 5.43 Å². The van der Waals surface area contributed by atoms with E-state index in [2.05, 4.69) is 0 Å². The second-order valence-corrected chi connectivity index (χ2v) is 5.69. The van der Waals surface area contributed by atoms with Crippen LogP contribution in [0.3, 0.4) is 0 Å². The molecule has 0 saturated carbocycles. The van der Waals surface area contributed by atoms with Crippen molar-refractivity contribution in [1.82, 2.24) is 0 Å². The van der Waals surface area contributed by atoms with Gasteiger partial charge in [-0.3, -0.25) is 4.79 Å². The van der Waals surface area contributed by atoms with Crippen molar-refractivity contribution in [2.24, 2.45) is 0 Å². The number of hydrogen-bond acceptors (Lipinski definition) is 4. The van der Waals surface area contributed by atoms with Crippen molar-refractivity contribution < 1.29 is 9.53 Å². The Hall–Kier alpha value is -2.20. The van der Waals surface area contributed by atoms with Crippen molar-refractivity contribution in [2.45, 2.75) is 6.92 Å². The summed E-state index contributed by atoms with van der Waals surface area (Å²) in [5, 5.41) is 1.09. The van der Waals surface area contributed by atoms with Gasteiger partial charge in [-0.1, -0.05) is 12.1 Å². The third kappa shape index (κ3) is 1.89. The highest BCUT2D eigenvalue weighted by atomic mass is 32.1. The summed E-state index contributed by atoms with van der Waals surface area (Å²) in [4.78, 5) is 24.6. The van der Waals surface area contributed by atoms with Gasteiger partial charge in [-0.25, -0.2) is 4.79 Å². The Morgan fingerprint density at radius 2 is 1.90 bits per heavy atom. The fraction of sp³-hybridized carbons (Fsp3) is 0.125. The van der Waals surface area contributed by atoms with Crippen LogP contribution in [0.1, 0.15) is 15.9 Å². The van der Waals surface area contributed by atoms with E-state index in [9.17, 15) is 9.59 Å². The molecular weight excluding hydrogens is 272 g/mol. The lowest BCUT2D eigenvalue weighted by Crippen LogP contribution is -2.10. The number of esters is 1. The highest BCUT2D eigenvalue weighted by Crippen LogP contribution is 2.28. The third-order valence-corrected chi connectivity index (χ3v) is 4.35. The highest BCUT2D eigenvalue weighted by Gasteiger charge is 2.16. The van der Waals surface area contributed by atoms with E-state index in [0.717, 1.165) is 15.0 Å². The molecule has 0 fully saturated rings. The van der Waals surface area contributed by atoms with Crippen LogP contribution >= 0.6 is 11.3 Å². The summed E-state index contributed by atoms with van der Waals surface area (Å²) in [7, 11) is 1.32. The first-order chi connectivity index (χ1) is 9.61. The number of rotatable bonds is 1. The minimum atomic E-state index is -0.474. The van der Waals surface area contributed by atoms with Gasteiger partial charge < -0.3 is 4.74 Å². The number of fused-ring (bicyclic) bond motifs is 2. The minimum absolute atomic E-state index is 0.116. The molecule has 3 aromatic rings. The first-order valence-electron chi connectivity index (χ1n) is 6.16. The fourth-order valence-corrected chi connectivity index (χ4v) is 3.54. The molecule has 0 N–H and O–H groups in total. The molecule has 0 spiro atoms. The topological polar surface area (TPSA) is 43.4 Å². The van der Waals surface area contributed by atoms with Crippen LogP contribution < -0.4 is 5.43 Å². The molecule has 1 aromatic heterocycles. The Bertz CT molecular complexity index is 893. The predicted molar refractivity (Wildman–Crippen MR) is 81.7 cm³/mol. The minimum Gasteiger partial charge on any atom is -0.465 e. The quantitative estimate of drug-likeness (QED) is 0.507. The smallest absolute Gasteiger partial charge is 0.338 e. The van der Waals surface area contributed by atoms with E-state index in [0.29, 0.717) is 16.3 Å². The lowest BCUT2D eigenvalue weighted by molar-refractivity contribution is 0.0603. The number of ether oxygens (including phenoxy) is 1. The molecule has 0 aliphatic heterocycles.